The monoisotopic (exact) mass is 441 g/mol. The number of piperidine rings is 1. The summed E-state index contributed by atoms with van der Waals surface area (Å²) >= 11 is 12.4. The molecule has 2 aliphatic heterocycles. The maximum Gasteiger partial charge on any atom is 0.256 e. The third kappa shape index (κ3) is 3.19. The Morgan fingerprint density at radius 2 is 2.03 bits per heavy atom. The van der Waals surface area contributed by atoms with Gasteiger partial charge in [-0.05, 0) is 50.8 Å². The Hall–Kier alpha value is -2.44. The summed E-state index contributed by atoms with van der Waals surface area (Å²) in [6.07, 6.45) is 7.44. The maximum absolute atomic E-state index is 13.5. The molecule has 5 rings (SSSR count). The van der Waals surface area contributed by atoms with Crippen molar-refractivity contribution >= 4 is 29.1 Å². The number of nitrogens with zero attached hydrogens (tertiary/aromatic N) is 5. The molecule has 0 unspecified atom stereocenters. The van der Waals surface area contributed by atoms with Crippen LogP contribution in [0.4, 0.5) is 0 Å². The largest absolute Gasteiger partial charge is 0.327 e. The van der Waals surface area contributed by atoms with Crippen LogP contribution in [-0.4, -0.2) is 36.6 Å². The number of amides is 1. The normalized spacial score (nSPS) is 20.2. The van der Waals surface area contributed by atoms with E-state index in [1.807, 2.05) is 31.3 Å². The van der Waals surface area contributed by atoms with Crippen LogP contribution in [0.3, 0.4) is 0 Å². The van der Waals surface area contributed by atoms with Crippen molar-refractivity contribution in [2.75, 3.05) is 0 Å². The molecule has 2 atom stereocenters. The van der Waals surface area contributed by atoms with E-state index in [1.165, 1.54) is 0 Å². The number of fused-ring (bicyclic) bond motifs is 4. The zero-order valence-electron chi connectivity index (χ0n) is 16.8. The third-order valence-electron chi connectivity index (χ3n) is 6.02. The lowest BCUT2D eigenvalue weighted by atomic mass is 9.81. The molecule has 6 nitrogen and oxygen atoms in total. The third-order valence-corrected chi connectivity index (χ3v) is 6.57. The Labute approximate surface area is 184 Å². The second-order valence-corrected chi connectivity index (χ2v) is 8.87. The number of benzene rings is 1. The van der Waals surface area contributed by atoms with Crippen molar-refractivity contribution in [1.29, 1.82) is 0 Å². The topological polar surface area (TPSA) is 63.9 Å². The highest BCUT2D eigenvalue weighted by Gasteiger charge is 2.43. The lowest BCUT2D eigenvalue weighted by Crippen LogP contribution is -2.50. The fourth-order valence-corrected chi connectivity index (χ4v) is 5.26. The Bertz CT molecular complexity index is 1160. The molecule has 1 aromatic carbocycles. The summed E-state index contributed by atoms with van der Waals surface area (Å²) in [7, 11) is 1.90. The van der Waals surface area contributed by atoms with Crippen molar-refractivity contribution in [3.8, 4) is 11.3 Å². The second-order valence-electron chi connectivity index (χ2n) is 8.03. The lowest BCUT2D eigenvalue weighted by molar-refractivity contribution is 0.0389. The molecule has 154 valence electrons. The summed E-state index contributed by atoms with van der Waals surface area (Å²) < 4.78 is 1.78. The molecule has 2 bridgehead atoms. The molecule has 0 N–H and O–H groups in total. The van der Waals surface area contributed by atoms with E-state index in [-0.39, 0.29) is 18.0 Å². The number of aryl methyl sites for hydroxylation is 2. The van der Waals surface area contributed by atoms with E-state index in [0.717, 1.165) is 48.2 Å². The number of rotatable bonds is 2. The fourth-order valence-electron chi connectivity index (χ4n) is 4.77. The summed E-state index contributed by atoms with van der Waals surface area (Å²) in [6, 6.07) is 5.06. The number of halogens is 2. The number of hydrogen-bond acceptors (Lipinski definition) is 4. The van der Waals surface area contributed by atoms with Gasteiger partial charge < -0.3 is 4.90 Å². The SMILES string of the molecule is Cc1nc(-c2cnn(C)c2)c2c(n1)[C@H]1CCC[C@@H](C2)N1C(=O)c1ccc(Cl)cc1Cl. The summed E-state index contributed by atoms with van der Waals surface area (Å²) in [5, 5.41) is 5.21. The van der Waals surface area contributed by atoms with Crippen LogP contribution in [0, 0.1) is 6.92 Å². The molecule has 0 aliphatic carbocycles. The van der Waals surface area contributed by atoms with E-state index < -0.39 is 0 Å². The van der Waals surface area contributed by atoms with E-state index in [0.29, 0.717) is 21.4 Å². The minimum atomic E-state index is -0.0798. The molecule has 1 amide bonds. The van der Waals surface area contributed by atoms with E-state index in [1.54, 1.807) is 22.9 Å². The number of carbonyl (C=O) groups is 1. The number of hydrogen-bond donors (Lipinski definition) is 0. The Balaban J connectivity index is 1.61. The van der Waals surface area contributed by atoms with Crippen molar-refractivity contribution in [3.05, 3.63) is 63.3 Å². The molecule has 0 saturated carbocycles. The van der Waals surface area contributed by atoms with Gasteiger partial charge in [0.15, 0.2) is 0 Å². The van der Waals surface area contributed by atoms with Crippen LogP contribution in [0.1, 0.15) is 52.7 Å². The van der Waals surface area contributed by atoms with Gasteiger partial charge >= 0.3 is 0 Å². The summed E-state index contributed by atoms with van der Waals surface area (Å²) in [5.41, 5.74) is 4.49. The van der Waals surface area contributed by atoms with Gasteiger partial charge in [0.1, 0.15) is 5.82 Å². The van der Waals surface area contributed by atoms with Gasteiger partial charge in [0.2, 0.25) is 0 Å². The first-order valence-corrected chi connectivity index (χ1v) is 10.8. The smallest absolute Gasteiger partial charge is 0.256 e. The molecule has 1 saturated heterocycles. The summed E-state index contributed by atoms with van der Waals surface area (Å²) in [5.74, 6) is 0.643. The molecular formula is C22H21Cl2N5O. The molecule has 1 fully saturated rings. The van der Waals surface area contributed by atoms with Gasteiger partial charge in [-0.2, -0.15) is 5.10 Å². The van der Waals surface area contributed by atoms with Crippen LogP contribution >= 0.6 is 23.2 Å². The maximum atomic E-state index is 13.5. The first kappa shape index (κ1) is 19.5. The van der Waals surface area contributed by atoms with Gasteiger partial charge in [0, 0.05) is 35.4 Å². The molecule has 2 aliphatic rings. The molecule has 8 heteroatoms. The summed E-state index contributed by atoms with van der Waals surface area (Å²) in [4.78, 5) is 25.1. The average molecular weight is 442 g/mol. The van der Waals surface area contributed by atoms with Crippen LogP contribution in [0.15, 0.2) is 30.6 Å². The predicted octanol–water partition coefficient (Wildman–Crippen LogP) is 4.78. The molecule has 2 aromatic heterocycles. The van der Waals surface area contributed by atoms with Gasteiger partial charge in [-0.3, -0.25) is 9.48 Å². The van der Waals surface area contributed by atoms with Crippen LogP contribution in [0.5, 0.6) is 0 Å². The molecule has 0 spiro atoms. The molecule has 4 heterocycles. The van der Waals surface area contributed by atoms with E-state index in [2.05, 4.69) is 5.10 Å². The van der Waals surface area contributed by atoms with Gasteiger partial charge in [-0.1, -0.05) is 23.2 Å². The van der Waals surface area contributed by atoms with Crippen molar-refractivity contribution in [1.82, 2.24) is 24.6 Å². The summed E-state index contributed by atoms with van der Waals surface area (Å²) in [6.45, 7) is 1.90. The Kier molecular flexibility index (Phi) is 4.79. The van der Waals surface area contributed by atoms with Crippen molar-refractivity contribution in [2.24, 2.45) is 7.05 Å². The van der Waals surface area contributed by atoms with Crippen LogP contribution in [0.25, 0.3) is 11.3 Å². The van der Waals surface area contributed by atoms with E-state index in [4.69, 9.17) is 33.2 Å². The van der Waals surface area contributed by atoms with Gasteiger partial charge in [0.05, 0.1) is 34.2 Å². The lowest BCUT2D eigenvalue weighted by Gasteiger charge is -2.46. The van der Waals surface area contributed by atoms with Crippen LogP contribution < -0.4 is 0 Å². The van der Waals surface area contributed by atoms with Gasteiger partial charge in [-0.15, -0.1) is 0 Å². The fraction of sp³-hybridized carbons (Fsp3) is 0.364. The first-order valence-electron chi connectivity index (χ1n) is 10.1. The zero-order chi connectivity index (χ0) is 21.0. The van der Waals surface area contributed by atoms with Gasteiger partial charge in [-0.25, -0.2) is 9.97 Å². The zero-order valence-corrected chi connectivity index (χ0v) is 18.3. The second kappa shape index (κ2) is 7.36. The molecular weight excluding hydrogens is 421 g/mol. The minimum absolute atomic E-state index is 0.0591. The Morgan fingerprint density at radius 1 is 1.20 bits per heavy atom. The van der Waals surface area contributed by atoms with Gasteiger partial charge in [0.25, 0.3) is 5.91 Å². The van der Waals surface area contributed by atoms with Crippen molar-refractivity contribution in [2.45, 2.75) is 44.7 Å². The highest BCUT2D eigenvalue weighted by Crippen LogP contribution is 2.44. The molecule has 0 radical (unpaired) electrons. The van der Waals surface area contributed by atoms with Crippen molar-refractivity contribution < 1.29 is 4.79 Å². The molecule has 3 aromatic rings. The predicted molar refractivity (Wildman–Crippen MR) is 116 cm³/mol. The quantitative estimate of drug-likeness (QED) is 0.573. The van der Waals surface area contributed by atoms with Crippen LogP contribution in [-0.2, 0) is 13.5 Å². The van der Waals surface area contributed by atoms with Crippen molar-refractivity contribution in [3.63, 3.8) is 0 Å². The molecule has 30 heavy (non-hydrogen) atoms. The first-order chi connectivity index (χ1) is 14.4. The Morgan fingerprint density at radius 3 is 2.77 bits per heavy atom. The van der Waals surface area contributed by atoms with E-state index >= 15 is 0 Å². The number of aromatic nitrogens is 4. The average Bonchev–Trinajstić information content (AvgIpc) is 3.13. The highest BCUT2D eigenvalue weighted by molar-refractivity contribution is 6.36. The standard InChI is InChI=1S/C22H21Cl2N5O/c1-12-26-20(13-10-25-28(2)11-13)17-9-15-4-3-5-19(21(17)27-12)29(15)22(30)16-7-6-14(23)8-18(16)24/h6-8,10-11,15,19H,3-5,9H2,1-2H3/t15-,19+/m0/s1. The van der Waals surface area contributed by atoms with Crippen LogP contribution in [0.2, 0.25) is 10.0 Å². The number of carbonyl (C=O) groups excluding carboxylic acids is 1. The minimum Gasteiger partial charge on any atom is -0.327 e. The van der Waals surface area contributed by atoms with E-state index in [9.17, 15) is 4.79 Å². The highest BCUT2D eigenvalue weighted by atomic mass is 35.5.